The summed E-state index contributed by atoms with van der Waals surface area (Å²) in [5.41, 5.74) is 2.02. The van der Waals surface area contributed by atoms with Crippen molar-refractivity contribution in [3.63, 3.8) is 0 Å². The first-order chi connectivity index (χ1) is 10.8. The predicted octanol–water partition coefficient (Wildman–Crippen LogP) is 3.11. The van der Waals surface area contributed by atoms with Crippen molar-refractivity contribution in [2.24, 2.45) is 0 Å². The van der Waals surface area contributed by atoms with Gasteiger partial charge in [0.25, 0.3) is 10.1 Å². The van der Waals surface area contributed by atoms with E-state index in [2.05, 4.69) is 4.98 Å². The molecular formula is C17H21NO4S. The van der Waals surface area contributed by atoms with E-state index < -0.39 is 10.1 Å². The second kappa shape index (κ2) is 9.19. The van der Waals surface area contributed by atoms with Gasteiger partial charge < -0.3 is 5.11 Å². The third-order valence-corrected chi connectivity index (χ3v) is 3.66. The average Bonchev–Trinajstić information content (AvgIpc) is 2.48. The molecule has 0 fully saturated rings. The highest BCUT2D eigenvalue weighted by Crippen LogP contribution is 2.08. The summed E-state index contributed by atoms with van der Waals surface area (Å²) in [6.45, 7) is 3.61. The van der Waals surface area contributed by atoms with Crippen molar-refractivity contribution in [1.82, 2.24) is 4.98 Å². The Kier molecular flexibility index (Phi) is 7.61. The van der Waals surface area contributed by atoms with E-state index in [9.17, 15) is 8.42 Å². The van der Waals surface area contributed by atoms with Crippen LogP contribution in [-0.4, -0.2) is 29.2 Å². The van der Waals surface area contributed by atoms with Gasteiger partial charge in [0.2, 0.25) is 0 Å². The van der Waals surface area contributed by atoms with Gasteiger partial charge in [-0.25, -0.2) is 0 Å². The topological polar surface area (TPSA) is 87.5 Å². The Bertz CT molecular complexity index is 708. The summed E-state index contributed by atoms with van der Waals surface area (Å²) in [4.78, 5) is 3.90. The van der Waals surface area contributed by atoms with Gasteiger partial charge in [-0.3, -0.25) is 9.54 Å². The van der Waals surface area contributed by atoms with E-state index in [1.54, 1.807) is 31.5 Å². The Labute approximate surface area is 137 Å². The molecule has 0 aliphatic carbocycles. The molecule has 0 bridgehead atoms. The van der Waals surface area contributed by atoms with Crippen LogP contribution in [-0.2, 0) is 10.1 Å². The Balaban J connectivity index is 0.000000231. The van der Waals surface area contributed by atoms with E-state index >= 15 is 0 Å². The second-order valence-corrected chi connectivity index (χ2v) is 6.48. The molecule has 1 aromatic heterocycles. The van der Waals surface area contributed by atoms with Gasteiger partial charge in [-0.05, 0) is 44.0 Å². The Morgan fingerprint density at radius 3 is 2.35 bits per heavy atom. The molecule has 0 saturated carbocycles. The van der Waals surface area contributed by atoms with Gasteiger partial charge >= 0.3 is 0 Å². The number of hydrogen-bond donors (Lipinski definition) is 2. The maximum Gasteiger partial charge on any atom is 0.294 e. The van der Waals surface area contributed by atoms with Gasteiger partial charge in [0.1, 0.15) is 0 Å². The van der Waals surface area contributed by atoms with Gasteiger partial charge in [-0.15, -0.1) is 0 Å². The predicted molar refractivity (Wildman–Crippen MR) is 90.6 cm³/mol. The third kappa shape index (κ3) is 8.25. The van der Waals surface area contributed by atoms with Crippen LogP contribution in [0.2, 0.25) is 0 Å². The Morgan fingerprint density at radius 1 is 1.22 bits per heavy atom. The van der Waals surface area contributed by atoms with E-state index in [1.807, 2.05) is 31.2 Å². The summed E-state index contributed by atoms with van der Waals surface area (Å²) in [6, 6.07) is 9.86. The van der Waals surface area contributed by atoms with Crippen LogP contribution in [0.4, 0.5) is 0 Å². The zero-order valence-corrected chi connectivity index (χ0v) is 13.9. The highest BCUT2D eigenvalue weighted by molar-refractivity contribution is 7.85. The van der Waals surface area contributed by atoms with Crippen LogP contribution < -0.4 is 0 Å². The van der Waals surface area contributed by atoms with E-state index in [4.69, 9.17) is 9.66 Å². The lowest BCUT2D eigenvalue weighted by molar-refractivity contribution is 0.199. The van der Waals surface area contributed by atoms with Crippen LogP contribution in [0.5, 0.6) is 0 Å². The molecular weight excluding hydrogens is 314 g/mol. The molecule has 6 heteroatoms. The molecule has 0 radical (unpaired) electrons. The molecule has 1 aromatic carbocycles. The molecule has 0 amide bonds. The Morgan fingerprint density at radius 2 is 1.87 bits per heavy atom. The molecule has 0 spiro atoms. The van der Waals surface area contributed by atoms with Gasteiger partial charge in [-0.2, -0.15) is 8.42 Å². The van der Waals surface area contributed by atoms with E-state index in [0.29, 0.717) is 6.42 Å². The quantitative estimate of drug-likeness (QED) is 0.838. The molecule has 2 N–H and O–H groups in total. The van der Waals surface area contributed by atoms with Crippen LogP contribution in [0, 0.1) is 6.92 Å². The van der Waals surface area contributed by atoms with Crippen LogP contribution >= 0.6 is 0 Å². The molecule has 1 heterocycles. The first kappa shape index (κ1) is 19.0. The normalized spacial score (nSPS) is 12.5. The van der Waals surface area contributed by atoms with Crippen LogP contribution in [0.15, 0.2) is 59.8 Å². The fraction of sp³-hybridized carbons (Fsp3) is 0.235. The van der Waals surface area contributed by atoms with Crippen LogP contribution in [0.25, 0.3) is 6.08 Å². The lowest BCUT2D eigenvalue weighted by atomic mass is 10.2. The maximum absolute atomic E-state index is 10.5. The summed E-state index contributed by atoms with van der Waals surface area (Å²) >= 11 is 0. The summed E-state index contributed by atoms with van der Waals surface area (Å²) in [6.07, 6.45) is 7.86. The lowest BCUT2D eigenvalue weighted by Gasteiger charge is -1.96. The van der Waals surface area contributed by atoms with Crippen molar-refractivity contribution in [2.45, 2.75) is 31.3 Å². The van der Waals surface area contributed by atoms with Crippen LogP contribution in [0.1, 0.15) is 24.5 Å². The Hall–Kier alpha value is -2.02. The number of hydrogen-bond acceptors (Lipinski definition) is 4. The van der Waals surface area contributed by atoms with Crippen molar-refractivity contribution < 1.29 is 18.1 Å². The molecule has 1 atom stereocenters. The second-order valence-electron chi connectivity index (χ2n) is 5.06. The summed E-state index contributed by atoms with van der Waals surface area (Å²) in [5.74, 6) is 0. The molecule has 0 saturated heterocycles. The molecule has 0 unspecified atom stereocenters. The molecule has 2 aromatic rings. The minimum atomic E-state index is -4.02. The lowest BCUT2D eigenvalue weighted by Crippen LogP contribution is -1.96. The van der Waals surface area contributed by atoms with Crippen molar-refractivity contribution in [1.29, 1.82) is 0 Å². The molecule has 0 aliphatic rings. The fourth-order valence-corrected chi connectivity index (χ4v) is 2.07. The third-order valence-electron chi connectivity index (χ3n) is 2.79. The van der Waals surface area contributed by atoms with Crippen LogP contribution in [0.3, 0.4) is 0 Å². The summed E-state index contributed by atoms with van der Waals surface area (Å²) in [5, 5.41) is 8.96. The number of aliphatic hydroxyl groups excluding tert-OH is 1. The van der Waals surface area contributed by atoms with Gasteiger partial charge in [0.05, 0.1) is 11.0 Å². The molecule has 23 heavy (non-hydrogen) atoms. The van der Waals surface area contributed by atoms with Crippen molar-refractivity contribution in [3.05, 3.63) is 66.0 Å². The molecule has 124 valence electrons. The zero-order chi connectivity index (χ0) is 17.3. The number of rotatable bonds is 4. The average molecular weight is 335 g/mol. The maximum atomic E-state index is 10.5. The fourth-order valence-electron chi connectivity index (χ4n) is 1.59. The summed E-state index contributed by atoms with van der Waals surface area (Å²) in [7, 11) is -4.02. The first-order valence-corrected chi connectivity index (χ1v) is 8.52. The monoisotopic (exact) mass is 335 g/mol. The number of aryl methyl sites for hydroxylation is 1. The molecule has 2 rings (SSSR count). The van der Waals surface area contributed by atoms with Gasteiger partial charge in [0.15, 0.2) is 0 Å². The van der Waals surface area contributed by atoms with Crippen molar-refractivity contribution in [2.75, 3.05) is 0 Å². The standard InChI is InChI=1S/C10H13NO.C7H8O3S/c1-9(12)4-2-5-10-6-3-7-11-8-10;1-6-2-4-7(5-3-6)11(8,9)10/h2-3,5-9,12H,4H2,1H3;2-5H,1H3,(H,8,9,10)/t9-;/m1./s1. The molecule has 0 aliphatic heterocycles. The number of benzene rings is 1. The SMILES string of the molecule is C[C@@H](O)CC=Cc1cccnc1.Cc1ccc(S(=O)(=O)O)cc1. The van der Waals surface area contributed by atoms with Gasteiger partial charge in [0, 0.05) is 12.4 Å². The minimum Gasteiger partial charge on any atom is -0.393 e. The number of nitrogens with zero attached hydrogens (tertiary/aromatic N) is 1. The highest BCUT2D eigenvalue weighted by atomic mass is 32.2. The number of pyridine rings is 1. The van der Waals surface area contributed by atoms with E-state index in [-0.39, 0.29) is 11.0 Å². The smallest absolute Gasteiger partial charge is 0.294 e. The zero-order valence-electron chi connectivity index (χ0n) is 13.1. The summed E-state index contributed by atoms with van der Waals surface area (Å²) < 4.78 is 29.6. The minimum absolute atomic E-state index is 0.0666. The number of aromatic nitrogens is 1. The van der Waals surface area contributed by atoms with Crippen molar-refractivity contribution >= 4 is 16.2 Å². The van der Waals surface area contributed by atoms with Crippen molar-refractivity contribution in [3.8, 4) is 0 Å². The van der Waals surface area contributed by atoms with Gasteiger partial charge in [-0.1, -0.05) is 35.9 Å². The molecule has 5 nitrogen and oxygen atoms in total. The highest BCUT2D eigenvalue weighted by Gasteiger charge is 2.06. The van der Waals surface area contributed by atoms with E-state index in [1.165, 1.54) is 12.1 Å². The largest absolute Gasteiger partial charge is 0.393 e. The first-order valence-electron chi connectivity index (χ1n) is 7.08. The number of aliphatic hydroxyl groups is 1. The van der Waals surface area contributed by atoms with E-state index in [0.717, 1.165) is 11.1 Å².